The molecule has 2 nitrogen and oxygen atoms in total. The van der Waals surface area contributed by atoms with Gasteiger partial charge in [-0.25, -0.2) is 0 Å². The zero-order valence-corrected chi connectivity index (χ0v) is 11.2. The summed E-state index contributed by atoms with van der Waals surface area (Å²) in [4.78, 5) is 2.08. The second kappa shape index (κ2) is 4.62. The molecular weight excluding hydrogens is 253 g/mol. The lowest BCUT2D eigenvalue weighted by molar-refractivity contribution is -0.137. The number of nitrogens with two attached hydrogens (primary N) is 1. The summed E-state index contributed by atoms with van der Waals surface area (Å²) in [5, 5.41) is 0. The van der Waals surface area contributed by atoms with Crippen molar-refractivity contribution in [1.82, 2.24) is 0 Å². The van der Waals surface area contributed by atoms with Crippen molar-refractivity contribution in [3.63, 3.8) is 0 Å². The van der Waals surface area contributed by atoms with Crippen molar-refractivity contribution in [3.8, 4) is 0 Å². The Balaban J connectivity index is 2.26. The van der Waals surface area contributed by atoms with Crippen molar-refractivity contribution in [3.05, 3.63) is 23.8 Å². The highest BCUT2D eigenvalue weighted by atomic mass is 19.4. The van der Waals surface area contributed by atoms with Crippen molar-refractivity contribution < 1.29 is 13.2 Å². The molecule has 1 aromatic carbocycles. The van der Waals surface area contributed by atoms with Crippen molar-refractivity contribution in [1.29, 1.82) is 0 Å². The average Bonchev–Trinajstić information content (AvgIpc) is 2.26. The van der Waals surface area contributed by atoms with Crippen molar-refractivity contribution in [2.24, 2.45) is 5.41 Å². The SMILES string of the molecule is CC1(C)CCCN(c2ccc(C(F)(F)F)cc2N)C1. The van der Waals surface area contributed by atoms with Crippen LogP contribution in [0, 0.1) is 5.41 Å². The molecule has 2 rings (SSSR count). The van der Waals surface area contributed by atoms with Crippen LogP contribution in [0.5, 0.6) is 0 Å². The van der Waals surface area contributed by atoms with Gasteiger partial charge in [-0.3, -0.25) is 0 Å². The lowest BCUT2D eigenvalue weighted by Crippen LogP contribution is -2.40. The number of benzene rings is 1. The smallest absolute Gasteiger partial charge is 0.397 e. The van der Waals surface area contributed by atoms with Gasteiger partial charge in [0, 0.05) is 13.1 Å². The molecule has 0 aromatic heterocycles. The van der Waals surface area contributed by atoms with E-state index in [1.54, 1.807) is 0 Å². The monoisotopic (exact) mass is 272 g/mol. The number of piperidine rings is 1. The molecule has 1 heterocycles. The molecule has 0 saturated carbocycles. The molecule has 2 N–H and O–H groups in total. The molecule has 5 heteroatoms. The number of nitrogen functional groups attached to an aromatic ring is 1. The molecule has 1 aliphatic heterocycles. The van der Waals surface area contributed by atoms with Gasteiger partial charge in [0.15, 0.2) is 0 Å². The van der Waals surface area contributed by atoms with E-state index >= 15 is 0 Å². The van der Waals surface area contributed by atoms with Gasteiger partial charge in [-0.05, 0) is 36.5 Å². The van der Waals surface area contributed by atoms with Crippen LogP contribution < -0.4 is 10.6 Å². The van der Waals surface area contributed by atoms with Crippen LogP contribution in [-0.4, -0.2) is 13.1 Å². The quantitative estimate of drug-likeness (QED) is 0.785. The zero-order chi connectivity index (χ0) is 14.3. The number of anilines is 2. The first kappa shape index (κ1) is 14.0. The molecule has 0 aliphatic carbocycles. The van der Waals surface area contributed by atoms with Gasteiger partial charge >= 0.3 is 6.18 Å². The number of hydrogen-bond donors (Lipinski definition) is 1. The Morgan fingerprint density at radius 3 is 2.47 bits per heavy atom. The third kappa shape index (κ3) is 3.14. The van der Waals surface area contributed by atoms with E-state index in [2.05, 4.69) is 18.7 Å². The van der Waals surface area contributed by atoms with E-state index in [0.717, 1.165) is 38.1 Å². The first-order chi connectivity index (χ1) is 8.69. The first-order valence-electron chi connectivity index (χ1n) is 6.41. The van der Waals surface area contributed by atoms with E-state index in [1.807, 2.05) is 0 Å². The van der Waals surface area contributed by atoms with Crippen molar-refractivity contribution >= 4 is 11.4 Å². The van der Waals surface area contributed by atoms with Crippen LogP contribution in [0.3, 0.4) is 0 Å². The van der Waals surface area contributed by atoms with E-state index in [4.69, 9.17) is 5.73 Å². The summed E-state index contributed by atoms with van der Waals surface area (Å²) in [6.07, 6.45) is -2.18. The Morgan fingerprint density at radius 1 is 1.26 bits per heavy atom. The fourth-order valence-electron chi connectivity index (χ4n) is 2.65. The van der Waals surface area contributed by atoms with Crippen LogP contribution in [0.25, 0.3) is 0 Å². The second-order valence-corrected chi connectivity index (χ2v) is 5.96. The summed E-state index contributed by atoms with van der Waals surface area (Å²) in [5.41, 5.74) is 6.19. The van der Waals surface area contributed by atoms with Gasteiger partial charge in [0.25, 0.3) is 0 Å². The second-order valence-electron chi connectivity index (χ2n) is 5.96. The Labute approximate surface area is 111 Å². The molecule has 0 amide bonds. The molecule has 106 valence electrons. The highest BCUT2D eigenvalue weighted by Gasteiger charge is 2.32. The molecule has 1 aromatic rings. The molecule has 0 bridgehead atoms. The van der Waals surface area contributed by atoms with Crippen LogP contribution in [0.1, 0.15) is 32.3 Å². The summed E-state index contributed by atoms with van der Waals surface area (Å²) in [6.45, 7) is 6.00. The molecule has 1 fully saturated rings. The fourth-order valence-corrected chi connectivity index (χ4v) is 2.65. The first-order valence-corrected chi connectivity index (χ1v) is 6.41. The van der Waals surface area contributed by atoms with Crippen LogP contribution in [-0.2, 0) is 6.18 Å². The maximum absolute atomic E-state index is 12.6. The highest BCUT2D eigenvalue weighted by Crippen LogP contribution is 2.37. The lowest BCUT2D eigenvalue weighted by atomic mass is 9.84. The van der Waals surface area contributed by atoms with E-state index in [-0.39, 0.29) is 11.1 Å². The molecule has 19 heavy (non-hydrogen) atoms. The van der Waals surface area contributed by atoms with Gasteiger partial charge in [0.1, 0.15) is 0 Å². The van der Waals surface area contributed by atoms with Gasteiger partial charge in [-0.1, -0.05) is 13.8 Å². The largest absolute Gasteiger partial charge is 0.416 e. The molecule has 0 spiro atoms. The van der Waals surface area contributed by atoms with E-state index in [1.165, 1.54) is 6.07 Å². The standard InChI is InChI=1S/C14H19F3N2/c1-13(2)6-3-7-19(9-13)12-5-4-10(8-11(12)18)14(15,16)17/h4-5,8H,3,6-7,9,18H2,1-2H3. The van der Waals surface area contributed by atoms with Crippen molar-refractivity contribution in [2.75, 3.05) is 23.7 Å². The minimum absolute atomic E-state index is 0.174. The summed E-state index contributed by atoms with van der Waals surface area (Å²) in [5.74, 6) is 0. The third-order valence-electron chi connectivity index (χ3n) is 3.60. The molecule has 1 aliphatic rings. The third-order valence-corrected chi connectivity index (χ3v) is 3.60. The van der Waals surface area contributed by atoms with E-state index in [0.29, 0.717) is 5.69 Å². The summed E-state index contributed by atoms with van der Waals surface area (Å²) >= 11 is 0. The highest BCUT2D eigenvalue weighted by molar-refractivity contribution is 5.69. The summed E-state index contributed by atoms with van der Waals surface area (Å²) in [6, 6.07) is 3.61. The molecule has 0 radical (unpaired) electrons. The molecule has 0 atom stereocenters. The average molecular weight is 272 g/mol. The molecule has 0 unspecified atom stereocenters. The fraction of sp³-hybridized carbons (Fsp3) is 0.571. The number of nitrogens with zero attached hydrogens (tertiary/aromatic N) is 1. The van der Waals surface area contributed by atoms with Gasteiger partial charge in [0.05, 0.1) is 16.9 Å². The topological polar surface area (TPSA) is 29.3 Å². The van der Waals surface area contributed by atoms with Crippen LogP contribution in [0.15, 0.2) is 18.2 Å². The normalized spacial score (nSPS) is 19.5. The van der Waals surface area contributed by atoms with E-state index in [9.17, 15) is 13.2 Å². The number of alkyl halides is 3. The van der Waals surface area contributed by atoms with Gasteiger partial charge in [0.2, 0.25) is 0 Å². The van der Waals surface area contributed by atoms with Gasteiger partial charge in [-0.15, -0.1) is 0 Å². The summed E-state index contributed by atoms with van der Waals surface area (Å²) in [7, 11) is 0. The zero-order valence-electron chi connectivity index (χ0n) is 11.2. The number of halogens is 3. The Kier molecular flexibility index (Phi) is 3.41. The number of rotatable bonds is 1. The van der Waals surface area contributed by atoms with E-state index < -0.39 is 11.7 Å². The van der Waals surface area contributed by atoms with Gasteiger partial charge < -0.3 is 10.6 Å². The minimum Gasteiger partial charge on any atom is -0.397 e. The van der Waals surface area contributed by atoms with Crippen LogP contribution >= 0.6 is 0 Å². The minimum atomic E-state index is -4.34. The predicted molar refractivity (Wildman–Crippen MR) is 71.1 cm³/mol. The Morgan fingerprint density at radius 2 is 1.95 bits per heavy atom. The lowest BCUT2D eigenvalue weighted by Gasteiger charge is -2.40. The number of hydrogen-bond acceptors (Lipinski definition) is 2. The van der Waals surface area contributed by atoms with Crippen molar-refractivity contribution in [2.45, 2.75) is 32.9 Å². The molecule has 1 saturated heterocycles. The summed E-state index contributed by atoms with van der Waals surface area (Å²) < 4.78 is 37.8. The maximum atomic E-state index is 12.6. The van der Waals surface area contributed by atoms with Crippen LogP contribution in [0.4, 0.5) is 24.5 Å². The van der Waals surface area contributed by atoms with Crippen LogP contribution in [0.2, 0.25) is 0 Å². The Bertz CT molecular complexity index is 466. The molecular formula is C14H19F3N2. The maximum Gasteiger partial charge on any atom is 0.416 e. The van der Waals surface area contributed by atoms with Gasteiger partial charge in [-0.2, -0.15) is 13.2 Å². The Hall–Kier alpha value is -1.39. The predicted octanol–water partition coefficient (Wildman–Crippen LogP) is 3.91.